The Bertz CT molecular complexity index is 950. The number of hydrogen-bond acceptors (Lipinski definition) is 3. The Morgan fingerprint density at radius 1 is 1.12 bits per heavy atom. The summed E-state index contributed by atoms with van der Waals surface area (Å²) in [4.78, 5) is 27.7. The second kappa shape index (κ2) is 11.1. The third-order valence-corrected chi connectivity index (χ3v) is 6.90. The average molecular weight is 477 g/mol. The predicted octanol–water partition coefficient (Wildman–Crippen LogP) is 5.47. The molecule has 0 radical (unpaired) electrons. The van der Waals surface area contributed by atoms with Crippen molar-refractivity contribution in [1.29, 1.82) is 0 Å². The molecule has 0 unspecified atom stereocenters. The van der Waals surface area contributed by atoms with Crippen molar-refractivity contribution in [3.8, 4) is 5.75 Å². The highest BCUT2D eigenvalue weighted by atomic mass is 35.5. The fourth-order valence-electron chi connectivity index (χ4n) is 4.00. The maximum atomic E-state index is 13.2. The molecule has 172 valence electrons. The second-order valence-electron chi connectivity index (χ2n) is 8.44. The van der Waals surface area contributed by atoms with E-state index < -0.39 is 6.04 Å². The molecular formula is C25H30Cl2N2O3. The number of benzene rings is 2. The summed E-state index contributed by atoms with van der Waals surface area (Å²) in [6, 6.07) is 10.5. The van der Waals surface area contributed by atoms with Crippen molar-refractivity contribution in [2.75, 3.05) is 6.61 Å². The quantitative estimate of drug-likeness (QED) is 0.549. The third kappa shape index (κ3) is 6.17. The lowest BCUT2D eigenvalue weighted by Crippen LogP contribution is -2.50. The summed E-state index contributed by atoms with van der Waals surface area (Å²) in [6.45, 7) is 5.56. The van der Waals surface area contributed by atoms with Gasteiger partial charge in [-0.05, 0) is 68.5 Å². The van der Waals surface area contributed by atoms with E-state index in [4.69, 9.17) is 27.9 Å². The lowest BCUT2D eigenvalue weighted by molar-refractivity contribution is -0.142. The SMILES string of the molecule is Cc1cc(OCC(=O)N(Cc2ccccc2Cl)[C@@H](C)C(=O)NC2CCCC2)cc(C)c1Cl. The van der Waals surface area contributed by atoms with Crippen molar-refractivity contribution in [2.24, 2.45) is 0 Å². The monoisotopic (exact) mass is 476 g/mol. The number of halogens is 2. The summed E-state index contributed by atoms with van der Waals surface area (Å²) in [5, 5.41) is 4.32. The average Bonchev–Trinajstić information content (AvgIpc) is 3.27. The third-order valence-electron chi connectivity index (χ3n) is 5.94. The van der Waals surface area contributed by atoms with Crippen LogP contribution in [0.1, 0.15) is 49.3 Å². The summed E-state index contributed by atoms with van der Waals surface area (Å²) in [5.41, 5.74) is 2.54. The smallest absolute Gasteiger partial charge is 0.261 e. The van der Waals surface area contributed by atoms with Gasteiger partial charge in [-0.15, -0.1) is 0 Å². The minimum absolute atomic E-state index is 0.157. The zero-order chi connectivity index (χ0) is 23.3. The molecule has 2 aromatic rings. The van der Waals surface area contributed by atoms with Crippen LogP contribution < -0.4 is 10.1 Å². The van der Waals surface area contributed by atoms with Gasteiger partial charge >= 0.3 is 0 Å². The van der Waals surface area contributed by atoms with Crippen LogP contribution in [0.2, 0.25) is 10.0 Å². The molecule has 1 saturated carbocycles. The number of nitrogens with one attached hydrogen (secondary N) is 1. The molecule has 3 rings (SSSR count). The molecule has 2 aromatic carbocycles. The van der Waals surface area contributed by atoms with Gasteiger partial charge in [-0.1, -0.05) is 54.2 Å². The van der Waals surface area contributed by atoms with E-state index in [9.17, 15) is 9.59 Å². The van der Waals surface area contributed by atoms with Crippen molar-refractivity contribution in [2.45, 2.75) is 65.1 Å². The van der Waals surface area contributed by atoms with Crippen molar-refractivity contribution < 1.29 is 14.3 Å². The fraction of sp³-hybridized carbons (Fsp3) is 0.440. The van der Waals surface area contributed by atoms with Gasteiger partial charge in [0.1, 0.15) is 11.8 Å². The highest BCUT2D eigenvalue weighted by molar-refractivity contribution is 6.32. The van der Waals surface area contributed by atoms with Gasteiger partial charge in [0.2, 0.25) is 5.91 Å². The van der Waals surface area contributed by atoms with E-state index in [0.717, 1.165) is 42.4 Å². The molecule has 7 heteroatoms. The first kappa shape index (κ1) is 24.4. The number of amides is 2. The molecule has 1 N–H and O–H groups in total. The van der Waals surface area contributed by atoms with Gasteiger partial charge in [-0.3, -0.25) is 9.59 Å². The first-order chi connectivity index (χ1) is 15.3. The van der Waals surface area contributed by atoms with Crippen LogP contribution in [0.3, 0.4) is 0 Å². The Hall–Kier alpha value is -2.24. The first-order valence-corrected chi connectivity index (χ1v) is 11.7. The van der Waals surface area contributed by atoms with Gasteiger partial charge in [-0.2, -0.15) is 0 Å². The Morgan fingerprint density at radius 2 is 1.75 bits per heavy atom. The van der Waals surface area contributed by atoms with Gasteiger partial charge in [0.15, 0.2) is 6.61 Å². The Kier molecular flexibility index (Phi) is 8.44. The molecular weight excluding hydrogens is 447 g/mol. The Balaban J connectivity index is 1.75. The first-order valence-electron chi connectivity index (χ1n) is 11.0. The van der Waals surface area contributed by atoms with Gasteiger partial charge in [0, 0.05) is 22.6 Å². The van der Waals surface area contributed by atoms with Gasteiger partial charge < -0.3 is 15.0 Å². The van der Waals surface area contributed by atoms with Crippen LogP contribution in [0.4, 0.5) is 0 Å². The van der Waals surface area contributed by atoms with Crippen LogP contribution in [0, 0.1) is 13.8 Å². The highest BCUT2D eigenvalue weighted by Gasteiger charge is 2.29. The molecule has 5 nitrogen and oxygen atoms in total. The van der Waals surface area contributed by atoms with E-state index in [1.54, 1.807) is 25.1 Å². The van der Waals surface area contributed by atoms with Crippen LogP contribution in [0.25, 0.3) is 0 Å². The second-order valence-corrected chi connectivity index (χ2v) is 9.22. The minimum atomic E-state index is -0.656. The number of rotatable bonds is 8. The molecule has 0 saturated heterocycles. The van der Waals surface area contributed by atoms with Crippen LogP contribution in [-0.4, -0.2) is 35.4 Å². The number of ether oxygens (including phenoxy) is 1. The summed E-state index contributed by atoms with van der Waals surface area (Å²) < 4.78 is 5.78. The van der Waals surface area contributed by atoms with Crippen molar-refractivity contribution in [3.63, 3.8) is 0 Å². The standard InChI is InChI=1S/C25H30Cl2N2O3/c1-16-12-21(13-17(2)24(16)27)32-15-23(30)29(14-19-8-4-7-11-22(19)26)18(3)25(31)28-20-9-5-6-10-20/h4,7-8,11-13,18,20H,5-6,9-10,14-15H2,1-3H3,(H,28,31)/t18-/m0/s1. The van der Waals surface area contributed by atoms with Crippen molar-refractivity contribution in [3.05, 3.63) is 63.1 Å². The minimum Gasteiger partial charge on any atom is -0.484 e. The van der Waals surface area contributed by atoms with E-state index >= 15 is 0 Å². The predicted molar refractivity (Wildman–Crippen MR) is 128 cm³/mol. The lowest BCUT2D eigenvalue weighted by atomic mass is 10.1. The van der Waals surface area contributed by atoms with Crippen LogP contribution in [0.15, 0.2) is 36.4 Å². The molecule has 0 spiro atoms. The summed E-state index contributed by atoms with van der Waals surface area (Å²) in [5.74, 6) is 0.123. The number of nitrogens with zero attached hydrogens (tertiary/aromatic N) is 1. The maximum Gasteiger partial charge on any atom is 0.261 e. The van der Waals surface area contributed by atoms with E-state index in [1.165, 1.54) is 4.90 Å². The topological polar surface area (TPSA) is 58.6 Å². The Labute approximate surface area is 200 Å². The molecule has 0 aliphatic heterocycles. The molecule has 1 aliphatic rings. The number of carbonyl (C=O) groups is 2. The maximum absolute atomic E-state index is 13.2. The summed E-state index contributed by atoms with van der Waals surface area (Å²) in [6.07, 6.45) is 4.20. The van der Waals surface area contributed by atoms with E-state index in [-0.39, 0.29) is 31.0 Å². The molecule has 32 heavy (non-hydrogen) atoms. The molecule has 1 atom stereocenters. The van der Waals surface area contributed by atoms with Crippen molar-refractivity contribution >= 4 is 35.0 Å². The molecule has 2 amide bonds. The molecule has 1 aliphatic carbocycles. The molecule has 0 aromatic heterocycles. The van der Waals surface area contributed by atoms with Gasteiger partial charge in [0.05, 0.1) is 0 Å². The van der Waals surface area contributed by atoms with E-state index in [2.05, 4.69) is 5.32 Å². The van der Waals surface area contributed by atoms with Crippen LogP contribution in [0.5, 0.6) is 5.75 Å². The normalized spacial score (nSPS) is 14.8. The number of carbonyl (C=O) groups excluding carboxylic acids is 2. The fourth-order valence-corrected chi connectivity index (χ4v) is 4.31. The molecule has 0 heterocycles. The largest absolute Gasteiger partial charge is 0.484 e. The van der Waals surface area contributed by atoms with Crippen LogP contribution >= 0.6 is 23.2 Å². The number of hydrogen-bond donors (Lipinski definition) is 1. The highest BCUT2D eigenvalue weighted by Crippen LogP contribution is 2.26. The van der Waals surface area contributed by atoms with Gasteiger partial charge in [0.25, 0.3) is 5.91 Å². The van der Waals surface area contributed by atoms with E-state index in [0.29, 0.717) is 15.8 Å². The number of aryl methyl sites for hydroxylation is 2. The Morgan fingerprint density at radius 3 is 2.38 bits per heavy atom. The summed E-state index contributed by atoms with van der Waals surface area (Å²) in [7, 11) is 0. The van der Waals surface area contributed by atoms with Gasteiger partial charge in [-0.25, -0.2) is 0 Å². The molecule has 1 fully saturated rings. The molecule has 0 bridgehead atoms. The van der Waals surface area contributed by atoms with E-state index in [1.807, 2.05) is 32.0 Å². The lowest BCUT2D eigenvalue weighted by Gasteiger charge is -2.30. The summed E-state index contributed by atoms with van der Waals surface area (Å²) >= 11 is 12.6. The zero-order valence-corrected chi connectivity index (χ0v) is 20.3. The zero-order valence-electron chi connectivity index (χ0n) is 18.8. The van der Waals surface area contributed by atoms with Crippen LogP contribution in [-0.2, 0) is 16.1 Å². The van der Waals surface area contributed by atoms with Crippen molar-refractivity contribution in [1.82, 2.24) is 10.2 Å².